The van der Waals surface area contributed by atoms with E-state index in [0.29, 0.717) is 13.0 Å². The molecule has 4 nitrogen and oxygen atoms in total. The van der Waals surface area contributed by atoms with Crippen molar-refractivity contribution < 1.29 is 14.6 Å². The summed E-state index contributed by atoms with van der Waals surface area (Å²) in [5.74, 6) is 0. The summed E-state index contributed by atoms with van der Waals surface area (Å²) in [6.45, 7) is 4.50. The van der Waals surface area contributed by atoms with Crippen LogP contribution in [-0.4, -0.2) is 30.5 Å². The topological polar surface area (TPSA) is 49.8 Å². The molecule has 0 bridgehead atoms. The van der Waals surface area contributed by atoms with Crippen molar-refractivity contribution in [2.75, 3.05) is 18.1 Å². The lowest BCUT2D eigenvalue weighted by Gasteiger charge is -2.32. The number of cyclic esters (lactones) is 1. The molecule has 1 N–H and O–H groups in total. The van der Waals surface area contributed by atoms with Gasteiger partial charge in [0.05, 0.1) is 12.3 Å². The lowest BCUT2D eigenvalue weighted by atomic mass is 10.1. The highest BCUT2D eigenvalue weighted by atomic mass is 16.6. The first-order valence-corrected chi connectivity index (χ1v) is 5.78. The van der Waals surface area contributed by atoms with Gasteiger partial charge in [0.2, 0.25) is 0 Å². The molecule has 1 amide bonds. The van der Waals surface area contributed by atoms with Gasteiger partial charge in [-0.3, -0.25) is 4.90 Å². The second-order valence-corrected chi connectivity index (χ2v) is 4.35. The van der Waals surface area contributed by atoms with Gasteiger partial charge in [0.25, 0.3) is 0 Å². The molecule has 92 valence electrons. The van der Waals surface area contributed by atoms with Crippen LogP contribution in [-0.2, 0) is 4.74 Å². The van der Waals surface area contributed by atoms with E-state index in [0.717, 1.165) is 16.8 Å². The van der Waals surface area contributed by atoms with Crippen molar-refractivity contribution in [1.29, 1.82) is 0 Å². The molecule has 2 rings (SSSR count). The molecule has 1 saturated heterocycles. The van der Waals surface area contributed by atoms with Gasteiger partial charge in [0.15, 0.2) is 0 Å². The molecule has 1 aromatic carbocycles. The van der Waals surface area contributed by atoms with E-state index < -0.39 is 0 Å². The maximum absolute atomic E-state index is 11.8. The number of aryl methyl sites for hydroxylation is 1. The molecule has 0 aliphatic carbocycles. The van der Waals surface area contributed by atoms with E-state index in [4.69, 9.17) is 9.84 Å². The molecule has 0 spiro atoms. The van der Waals surface area contributed by atoms with Crippen molar-refractivity contribution in [3.63, 3.8) is 0 Å². The fraction of sp³-hybridized carbons (Fsp3) is 0.462. The third-order valence-electron chi connectivity index (χ3n) is 3.23. The minimum atomic E-state index is -0.371. The van der Waals surface area contributed by atoms with E-state index in [1.54, 1.807) is 4.90 Å². The van der Waals surface area contributed by atoms with Crippen molar-refractivity contribution in [3.8, 4) is 0 Å². The van der Waals surface area contributed by atoms with Gasteiger partial charge in [-0.05, 0) is 31.0 Å². The number of anilines is 1. The van der Waals surface area contributed by atoms with E-state index >= 15 is 0 Å². The van der Waals surface area contributed by atoms with Gasteiger partial charge in [-0.2, -0.15) is 0 Å². The molecule has 1 aliphatic heterocycles. The van der Waals surface area contributed by atoms with E-state index in [2.05, 4.69) is 0 Å². The molecule has 0 radical (unpaired) electrons. The first kappa shape index (κ1) is 11.9. The zero-order chi connectivity index (χ0) is 12.4. The van der Waals surface area contributed by atoms with Crippen LogP contribution in [0.25, 0.3) is 0 Å². The highest BCUT2D eigenvalue weighted by Gasteiger charge is 2.28. The van der Waals surface area contributed by atoms with Crippen molar-refractivity contribution in [2.45, 2.75) is 26.4 Å². The van der Waals surface area contributed by atoms with E-state index in [9.17, 15) is 4.79 Å². The number of ether oxygens (including phenoxy) is 1. The molecule has 1 aromatic rings. The molecule has 17 heavy (non-hydrogen) atoms. The van der Waals surface area contributed by atoms with Gasteiger partial charge in [0.1, 0.15) is 6.10 Å². The summed E-state index contributed by atoms with van der Waals surface area (Å²) in [5, 5.41) is 8.97. The first-order valence-electron chi connectivity index (χ1n) is 5.78. The Morgan fingerprint density at radius 3 is 2.88 bits per heavy atom. The Kier molecular flexibility index (Phi) is 3.33. The van der Waals surface area contributed by atoms with Crippen molar-refractivity contribution >= 4 is 11.8 Å². The molecule has 1 heterocycles. The average Bonchev–Trinajstić information content (AvgIpc) is 2.33. The second kappa shape index (κ2) is 4.75. The maximum atomic E-state index is 11.8. The van der Waals surface area contributed by atoms with Crippen LogP contribution >= 0.6 is 0 Å². The molecule has 1 atom stereocenters. The van der Waals surface area contributed by atoms with Gasteiger partial charge in [0, 0.05) is 13.0 Å². The fourth-order valence-electron chi connectivity index (χ4n) is 2.00. The highest BCUT2D eigenvalue weighted by molar-refractivity contribution is 5.89. The SMILES string of the molecule is Cc1cccc(N2CCC(CO)OC2=O)c1C. The van der Waals surface area contributed by atoms with Crippen molar-refractivity contribution in [2.24, 2.45) is 0 Å². The van der Waals surface area contributed by atoms with E-state index in [-0.39, 0.29) is 18.8 Å². The maximum Gasteiger partial charge on any atom is 0.414 e. The Morgan fingerprint density at radius 2 is 2.24 bits per heavy atom. The van der Waals surface area contributed by atoms with Gasteiger partial charge >= 0.3 is 6.09 Å². The van der Waals surface area contributed by atoms with Crippen LogP contribution in [0.2, 0.25) is 0 Å². The lowest BCUT2D eigenvalue weighted by Crippen LogP contribution is -2.43. The minimum Gasteiger partial charge on any atom is -0.443 e. The summed E-state index contributed by atoms with van der Waals surface area (Å²) in [6, 6.07) is 5.87. The van der Waals surface area contributed by atoms with Crippen LogP contribution in [0, 0.1) is 13.8 Å². The number of aliphatic hydroxyl groups excluding tert-OH is 1. The molecular formula is C13H17NO3. The number of carbonyl (C=O) groups is 1. The molecule has 0 aromatic heterocycles. The molecule has 1 unspecified atom stereocenters. The third-order valence-corrected chi connectivity index (χ3v) is 3.23. The van der Waals surface area contributed by atoms with Crippen LogP contribution < -0.4 is 4.90 Å². The number of nitrogens with zero attached hydrogens (tertiary/aromatic N) is 1. The van der Waals surface area contributed by atoms with Gasteiger partial charge in [-0.1, -0.05) is 12.1 Å². The summed E-state index contributed by atoms with van der Waals surface area (Å²) >= 11 is 0. The highest BCUT2D eigenvalue weighted by Crippen LogP contribution is 2.26. The lowest BCUT2D eigenvalue weighted by molar-refractivity contribution is 0.0452. The fourth-order valence-corrected chi connectivity index (χ4v) is 2.00. The van der Waals surface area contributed by atoms with Crippen LogP contribution in [0.5, 0.6) is 0 Å². The van der Waals surface area contributed by atoms with Crippen LogP contribution in [0.15, 0.2) is 18.2 Å². The monoisotopic (exact) mass is 235 g/mol. The summed E-state index contributed by atoms with van der Waals surface area (Å²) in [4.78, 5) is 13.5. The Morgan fingerprint density at radius 1 is 1.47 bits per heavy atom. The van der Waals surface area contributed by atoms with Gasteiger partial charge in [-0.25, -0.2) is 4.79 Å². The quantitative estimate of drug-likeness (QED) is 0.853. The summed E-state index contributed by atoms with van der Waals surface area (Å²) in [6.07, 6.45) is -0.0665. The number of hydrogen-bond donors (Lipinski definition) is 1. The zero-order valence-electron chi connectivity index (χ0n) is 10.1. The number of aliphatic hydroxyl groups is 1. The summed E-state index contributed by atoms with van der Waals surface area (Å²) in [5.41, 5.74) is 3.14. The number of carbonyl (C=O) groups excluding carboxylic acids is 1. The number of benzene rings is 1. The van der Waals surface area contributed by atoms with E-state index in [1.807, 2.05) is 32.0 Å². The van der Waals surface area contributed by atoms with Crippen molar-refractivity contribution in [1.82, 2.24) is 0 Å². The third kappa shape index (κ3) is 2.26. The van der Waals surface area contributed by atoms with Crippen LogP contribution in [0.4, 0.5) is 10.5 Å². The summed E-state index contributed by atoms with van der Waals surface area (Å²) < 4.78 is 5.13. The largest absolute Gasteiger partial charge is 0.443 e. The predicted molar refractivity (Wildman–Crippen MR) is 65.2 cm³/mol. The Bertz CT molecular complexity index is 431. The number of hydrogen-bond acceptors (Lipinski definition) is 3. The second-order valence-electron chi connectivity index (χ2n) is 4.35. The van der Waals surface area contributed by atoms with Crippen LogP contribution in [0.3, 0.4) is 0 Å². The molecule has 1 aliphatic rings. The molecule has 1 fully saturated rings. The summed E-state index contributed by atoms with van der Waals surface area (Å²) in [7, 11) is 0. The van der Waals surface area contributed by atoms with Crippen LogP contribution in [0.1, 0.15) is 17.5 Å². The Hall–Kier alpha value is -1.55. The number of amides is 1. The zero-order valence-corrected chi connectivity index (χ0v) is 10.1. The normalized spacial score (nSPS) is 20.3. The molecule has 0 saturated carbocycles. The molecule has 4 heteroatoms. The van der Waals surface area contributed by atoms with E-state index in [1.165, 1.54) is 0 Å². The minimum absolute atomic E-state index is 0.105. The standard InChI is InChI=1S/C13H17NO3/c1-9-4-3-5-12(10(9)2)14-7-6-11(8-15)17-13(14)16/h3-5,11,15H,6-8H2,1-2H3. The Balaban J connectivity index is 2.23. The van der Waals surface area contributed by atoms with Gasteiger partial charge < -0.3 is 9.84 Å². The van der Waals surface area contributed by atoms with Crippen molar-refractivity contribution in [3.05, 3.63) is 29.3 Å². The first-order chi connectivity index (χ1) is 8.13. The van der Waals surface area contributed by atoms with Gasteiger partial charge in [-0.15, -0.1) is 0 Å². The molecular weight excluding hydrogens is 218 g/mol. The average molecular weight is 235 g/mol. The predicted octanol–water partition coefficient (Wildman–Crippen LogP) is 2.01. The Labute approximate surface area is 101 Å². The number of rotatable bonds is 2. The smallest absolute Gasteiger partial charge is 0.414 e.